The SMILES string of the molecule is Cc1ccc(NC(=O)C(C)Sc2ccc(NC(=O)/C(=C/c3c(Cl)cccc3Cl)NC(=O)c3ccccc3)cc2)cc1C. The Kier molecular flexibility index (Phi) is 10.5. The van der Waals surface area contributed by atoms with Crippen molar-refractivity contribution >= 4 is 70.1 Å². The van der Waals surface area contributed by atoms with Crippen LogP contribution in [-0.2, 0) is 9.59 Å². The maximum Gasteiger partial charge on any atom is 0.272 e. The van der Waals surface area contributed by atoms with E-state index in [1.54, 1.807) is 60.7 Å². The summed E-state index contributed by atoms with van der Waals surface area (Å²) in [6, 6.07) is 26.4. The molecule has 0 aliphatic heterocycles. The van der Waals surface area contributed by atoms with Crippen LogP contribution in [-0.4, -0.2) is 23.0 Å². The molecule has 0 radical (unpaired) electrons. The highest BCUT2D eigenvalue weighted by molar-refractivity contribution is 8.00. The van der Waals surface area contributed by atoms with Crippen LogP contribution in [0.1, 0.15) is 34.0 Å². The molecule has 9 heteroatoms. The molecule has 0 heterocycles. The molecule has 6 nitrogen and oxygen atoms in total. The van der Waals surface area contributed by atoms with E-state index in [-0.39, 0.29) is 16.9 Å². The molecule has 3 amide bonds. The predicted molar refractivity (Wildman–Crippen MR) is 173 cm³/mol. The fraction of sp³-hybridized carbons (Fsp3) is 0.121. The lowest BCUT2D eigenvalue weighted by Crippen LogP contribution is -2.30. The van der Waals surface area contributed by atoms with Gasteiger partial charge in [0.2, 0.25) is 5.91 Å². The summed E-state index contributed by atoms with van der Waals surface area (Å²) in [5.41, 5.74) is 4.29. The second kappa shape index (κ2) is 14.2. The number of hydrogen-bond donors (Lipinski definition) is 3. The summed E-state index contributed by atoms with van der Waals surface area (Å²) in [6.07, 6.45) is 1.45. The van der Waals surface area contributed by atoms with E-state index < -0.39 is 11.8 Å². The molecular weight excluding hydrogens is 589 g/mol. The zero-order chi connectivity index (χ0) is 30.2. The lowest BCUT2D eigenvalue weighted by atomic mass is 10.1. The number of rotatable bonds is 9. The number of carbonyl (C=O) groups excluding carboxylic acids is 3. The van der Waals surface area contributed by atoms with Crippen molar-refractivity contribution in [2.45, 2.75) is 30.9 Å². The van der Waals surface area contributed by atoms with E-state index in [4.69, 9.17) is 23.2 Å². The molecule has 42 heavy (non-hydrogen) atoms. The van der Waals surface area contributed by atoms with Crippen molar-refractivity contribution in [2.24, 2.45) is 0 Å². The van der Waals surface area contributed by atoms with E-state index in [0.29, 0.717) is 26.9 Å². The van der Waals surface area contributed by atoms with Crippen LogP contribution in [0.2, 0.25) is 10.0 Å². The Morgan fingerprint density at radius 3 is 2.05 bits per heavy atom. The van der Waals surface area contributed by atoms with E-state index in [9.17, 15) is 14.4 Å². The van der Waals surface area contributed by atoms with Gasteiger partial charge in [-0.25, -0.2) is 0 Å². The monoisotopic (exact) mass is 617 g/mol. The Hall–Kier alpha value is -4.04. The Bertz CT molecular complexity index is 1620. The van der Waals surface area contributed by atoms with Crippen LogP contribution in [0.15, 0.2) is 102 Å². The van der Waals surface area contributed by atoms with Crippen molar-refractivity contribution in [1.29, 1.82) is 0 Å². The van der Waals surface area contributed by atoms with Gasteiger partial charge in [0.05, 0.1) is 5.25 Å². The fourth-order valence-electron chi connectivity index (χ4n) is 3.87. The number of anilines is 2. The molecule has 0 fully saturated rings. The lowest BCUT2D eigenvalue weighted by Gasteiger charge is -2.14. The highest BCUT2D eigenvalue weighted by Gasteiger charge is 2.18. The van der Waals surface area contributed by atoms with Crippen LogP contribution in [0.3, 0.4) is 0 Å². The largest absolute Gasteiger partial charge is 0.325 e. The molecule has 0 bridgehead atoms. The Morgan fingerprint density at radius 2 is 1.40 bits per heavy atom. The zero-order valence-electron chi connectivity index (χ0n) is 23.2. The number of hydrogen-bond acceptors (Lipinski definition) is 4. The van der Waals surface area contributed by atoms with Gasteiger partial charge in [0.1, 0.15) is 5.70 Å². The van der Waals surface area contributed by atoms with Gasteiger partial charge >= 0.3 is 0 Å². The van der Waals surface area contributed by atoms with Crippen molar-refractivity contribution in [3.63, 3.8) is 0 Å². The minimum atomic E-state index is -0.559. The third kappa shape index (κ3) is 8.26. The number of aryl methyl sites for hydroxylation is 2. The molecular formula is C33H29Cl2N3O3S. The molecule has 0 aliphatic rings. The standard InChI is InChI=1S/C33H29Cl2N3O3S/c1-20-12-13-25(18-21(20)2)37-31(39)22(3)42-26-16-14-24(15-17-26)36-33(41)30(19-27-28(34)10-7-11-29(27)35)38-32(40)23-8-5-4-6-9-23/h4-19,22H,1-3H3,(H,36,41)(H,37,39)(H,38,40)/b30-19-. The second-order valence-corrected chi connectivity index (χ2v) is 11.8. The Balaban J connectivity index is 1.46. The van der Waals surface area contributed by atoms with Gasteiger partial charge in [0.25, 0.3) is 11.8 Å². The van der Waals surface area contributed by atoms with Gasteiger partial charge in [-0.15, -0.1) is 11.8 Å². The minimum Gasteiger partial charge on any atom is -0.325 e. The molecule has 0 aromatic heterocycles. The third-order valence-electron chi connectivity index (χ3n) is 6.39. The van der Waals surface area contributed by atoms with Gasteiger partial charge in [-0.3, -0.25) is 14.4 Å². The highest BCUT2D eigenvalue weighted by Crippen LogP contribution is 2.28. The molecule has 0 saturated heterocycles. The molecule has 214 valence electrons. The molecule has 4 rings (SSSR count). The van der Waals surface area contributed by atoms with Crippen molar-refractivity contribution in [3.05, 3.63) is 129 Å². The molecule has 3 N–H and O–H groups in total. The summed E-state index contributed by atoms with van der Waals surface area (Å²) < 4.78 is 0. The molecule has 1 unspecified atom stereocenters. The van der Waals surface area contributed by atoms with E-state index in [1.165, 1.54) is 17.8 Å². The van der Waals surface area contributed by atoms with Gasteiger partial charge in [-0.2, -0.15) is 0 Å². The minimum absolute atomic E-state index is 0.0334. The molecule has 0 spiro atoms. The van der Waals surface area contributed by atoms with Crippen LogP contribution in [0, 0.1) is 13.8 Å². The van der Waals surface area contributed by atoms with E-state index >= 15 is 0 Å². The first-order valence-corrected chi connectivity index (χ1v) is 14.7. The summed E-state index contributed by atoms with van der Waals surface area (Å²) >= 11 is 14.1. The van der Waals surface area contributed by atoms with Gasteiger partial charge in [0.15, 0.2) is 0 Å². The molecule has 4 aromatic rings. The quantitative estimate of drug-likeness (QED) is 0.131. The van der Waals surface area contributed by atoms with Crippen LogP contribution in [0.4, 0.5) is 11.4 Å². The Labute approximate surface area is 259 Å². The maximum atomic E-state index is 13.3. The summed E-state index contributed by atoms with van der Waals surface area (Å²) in [5, 5.41) is 8.76. The summed E-state index contributed by atoms with van der Waals surface area (Å²) in [4.78, 5) is 39.8. The average molecular weight is 619 g/mol. The van der Waals surface area contributed by atoms with Crippen molar-refractivity contribution < 1.29 is 14.4 Å². The van der Waals surface area contributed by atoms with Crippen molar-refractivity contribution in [1.82, 2.24) is 5.32 Å². The van der Waals surface area contributed by atoms with E-state index in [1.807, 2.05) is 51.1 Å². The number of carbonyl (C=O) groups is 3. The van der Waals surface area contributed by atoms with E-state index in [2.05, 4.69) is 16.0 Å². The number of nitrogens with one attached hydrogen (secondary N) is 3. The normalized spacial score (nSPS) is 11.9. The average Bonchev–Trinajstić information content (AvgIpc) is 2.97. The first kappa shape index (κ1) is 30.9. The van der Waals surface area contributed by atoms with Crippen LogP contribution < -0.4 is 16.0 Å². The molecule has 0 aliphatic carbocycles. The molecule has 4 aromatic carbocycles. The lowest BCUT2D eigenvalue weighted by molar-refractivity contribution is -0.115. The number of amides is 3. The maximum absolute atomic E-state index is 13.3. The number of halogens is 2. The van der Waals surface area contributed by atoms with Crippen LogP contribution in [0.25, 0.3) is 6.08 Å². The second-order valence-electron chi connectivity index (χ2n) is 9.54. The summed E-state index contributed by atoms with van der Waals surface area (Å²) in [6.45, 7) is 5.87. The van der Waals surface area contributed by atoms with Gasteiger partial charge in [-0.05, 0) is 98.6 Å². The first-order valence-electron chi connectivity index (χ1n) is 13.1. The highest BCUT2D eigenvalue weighted by atomic mass is 35.5. The zero-order valence-corrected chi connectivity index (χ0v) is 25.5. The smallest absolute Gasteiger partial charge is 0.272 e. The number of thioether (sulfide) groups is 1. The van der Waals surface area contributed by atoms with Gasteiger partial charge in [-0.1, -0.05) is 53.5 Å². The third-order valence-corrected chi connectivity index (χ3v) is 8.16. The van der Waals surface area contributed by atoms with Crippen molar-refractivity contribution in [3.8, 4) is 0 Å². The molecule has 1 atom stereocenters. The van der Waals surface area contributed by atoms with Crippen molar-refractivity contribution in [2.75, 3.05) is 10.6 Å². The van der Waals surface area contributed by atoms with Crippen LogP contribution in [0.5, 0.6) is 0 Å². The predicted octanol–water partition coefficient (Wildman–Crippen LogP) is 8.14. The fourth-order valence-corrected chi connectivity index (χ4v) is 5.25. The van der Waals surface area contributed by atoms with Gasteiger partial charge in [0, 0.05) is 37.4 Å². The summed E-state index contributed by atoms with van der Waals surface area (Å²) in [5.74, 6) is -1.13. The Morgan fingerprint density at radius 1 is 0.762 bits per heavy atom. The number of benzene rings is 4. The topological polar surface area (TPSA) is 87.3 Å². The van der Waals surface area contributed by atoms with E-state index in [0.717, 1.165) is 21.7 Å². The van der Waals surface area contributed by atoms with Gasteiger partial charge < -0.3 is 16.0 Å². The van der Waals surface area contributed by atoms with Crippen LogP contribution >= 0.6 is 35.0 Å². The molecule has 0 saturated carbocycles. The first-order chi connectivity index (χ1) is 20.1. The summed E-state index contributed by atoms with van der Waals surface area (Å²) in [7, 11) is 0.